The molecular weight excluding hydrogens is 168 g/mol. The topological polar surface area (TPSA) is 55.6 Å². The van der Waals surface area contributed by atoms with Crippen molar-refractivity contribution in [1.82, 2.24) is 4.90 Å². The minimum Gasteiger partial charge on any atom is -0.376 e. The molecule has 2 N–H and O–H groups in total. The first-order chi connectivity index (χ1) is 6.24. The first-order valence-corrected chi connectivity index (χ1v) is 4.81. The Morgan fingerprint density at radius 2 is 2.46 bits per heavy atom. The summed E-state index contributed by atoms with van der Waals surface area (Å²) in [7, 11) is 0. The molecule has 1 rings (SSSR count). The molecule has 0 bridgehead atoms. The molecule has 1 aliphatic heterocycles. The minimum atomic E-state index is 0.143. The molecule has 0 aromatic rings. The number of likely N-dealkylation sites (tertiary alicyclic amines) is 1. The molecule has 1 heterocycles. The van der Waals surface area contributed by atoms with Crippen LogP contribution in [0.15, 0.2) is 0 Å². The van der Waals surface area contributed by atoms with Gasteiger partial charge in [-0.1, -0.05) is 0 Å². The quantitative estimate of drug-likeness (QED) is 0.627. The van der Waals surface area contributed by atoms with Gasteiger partial charge in [0.25, 0.3) is 0 Å². The van der Waals surface area contributed by atoms with E-state index in [1.54, 1.807) is 6.92 Å². The van der Waals surface area contributed by atoms with Crippen LogP contribution in [0.1, 0.15) is 19.8 Å². The van der Waals surface area contributed by atoms with E-state index in [-0.39, 0.29) is 12.0 Å². The third-order valence-corrected chi connectivity index (χ3v) is 2.29. The van der Waals surface area contributed by atoms with Crippen LogP contribution in [-0.2, 0) is 9.53 Å². The van der Waals surface area contributed by atoms with Crippen molar-refractivity contribution in [3.05, 3.63) is 0 Å². The molecule has 1 aliphatic rings. The summed E-state index contributed by atoms with van der Waals surface area (Å²) >= 11 is 0. The number of nitrogens with zero attached hydrogens (tertiary/aromatic N) is 1. The van der Waals surface area contributed by atoms with Crippen LogP contribution in [0.4, 0.5) is 0 Å². The predicted molar refractivity (Wildman–Crippen MR) is 50.3 cm³/mol. The molecule has 13 heavy (non-hydrogen) atoms. The van der Waals surface area contributed by atoms with Gasteiger partial charge in [-0.05, 0) is 19.4 Å². The molecule has 0 aliphatic carbocycles. The SMILES string of the molecule is CC(=O)N1CCC(OCCCN)C1. The number of carbonyl (C=O) groups is 1. The molecule has 0 radical (unpaired) electrons. The third-order valence-electron chi connectivity index (χ3n) is 2.29. The molecule has 4 heteroatoms. The Labute approximate surface area is 79.0 Å². The normalized spacial score (nSPS) is 22.3. The van der Waals surface area contributed by atoms with Gasteiger partial charge in [0.05, 0.1) is 6.10 Å². The van der Waals surface area contributed by atoms with E-state index < -0.39 is 0 Å². The van der Waals surface area contributed by atoms with Crippen molar-refractivity contribution >= 4 is 5.91 Å². The Morgan fingerprint density at radius 3 is 3.00 bits per heavy atom. The van der Waals surface area contributed by atoms with E-state index in [0.29, 0.717) is 13.2 Å². The van der Waals surface area contributed by atoms with E-state index >= 15 is 0 Å². The van der Waals surface area contributed by atoms with Gasteiger partial charge in [-0.2, -0.15) is 0 Å². The van der Waals surface area contributed by atoms with Crippen molar-refractivity contribution in [2.75, 3.05) is 26.2 Å². The largest absolute Gasteiger partial charge is 0.376 e. The zero-order chi connectivity index (χ0) is 9.68. The van der Waals surface area contributed by atoms with E-state index in [1.807, 2.05) is 4.90 Å². The van der Waals surface area contributed by atoms with E-state index in [9.17, 15) is 4.79 Å². The Hall–Kier alpha value is -0.610. The zero-order valence-electron chi connectivity index (χ0n) is 8.16. The summed E-state index contributed by atoms with van der Waals surface area (Å²) in [5, 5.41) is 0. The summed E-state index contributed by atoms with van der Waals surface area (Å²) < 4.78 is 5.55. The van der Waals surface area contributed by atoms with Crippen LogP contribution in [0.2, 0.25) is 0 Å². The molecule has 0 saturated carbocycles. The molecular formula is C9H18N2O2. The van der Waals surface area contributed by atoms with Gasteiger partial charge in [0.1, 0.15) is 0 Å². The fourth-order valence-corrected chi connectivity index (χ4v) is 1.48. The second-order valence-electron chi connectivity index (χ2n) is 3.39. The van der Waals surface area contributed by atoms with Gasteiger partial charge in [0, 0.05) is 26.6 Å². The standard InChI is InChI=1S/C9H18N2O2/c1-8(12)11-5-3-9(7-11)13-6-2-4-10/h9H,2-7,10H2,1H3. The monoisotopic (exact) mass is 186 g/mol. The van der Waals surface area contributed by atoms with Crippen molar-refractivity contribution in [2.24, 2.45) is 5.73 Å². The maximum Gasteiger partial charge on any atom is 0.219 e. The van der Waals surface area contributed by atoms with Gasteiger partial charge in [0.2, 0.25) is 5.91 Å². The van der Waals surface area contributed by atoms with Crippen LogP contribution in [0, 0.1) is 0 Å². The first kappa shape index (κ1) is 10.5. The molecule has 1 unspecified atom stereocenters. The number of nitrogens with two attached hydrogens (primary N) is 1. The molecule has 0 aromatic heterocycles. The molecule has 1 atom stereocenters. The van der Waals surface area contributed by atoms with Crippen LogP contribution in [0.5, 0.6) is 0 Å². The lowest BCUT2D eigenvalue weighted by molar-refractivity contribution is -0.128. The number of amides is 1. The average molecular weight is 186 g/mol. The zero-order valence-corrected chi connectivity index (χ0v) is 8.16. The van der Waals surface area contributed by atoms with Gasteiger partial charge in [-0.3, -0.25) is 4.79 Å². The van der Waals surface area contributed by atoms with Crippen LogP contribution in [0.3, 0.4) is 0 Å². The predicted octanol–water partition coefficient (Wildman–Crippen LogP) is -0.0274. The summed E-state index contributed by atoms with van der Waals surface area (Å²) in [5.41, 5.74) is 5.34. The second kappa shape index (κ2) is 5.19. The first-order valence-electron chi connectivity index (χ1n) is 4.81. The molecule has 1 amide bonds. The number of carbonyl (C=O) groups excluding carboxylic acids is 1. The Balaban J connectivity index is 2.14. The average Bonchev–Trinajstić information content (AvgIpc) is 2.53. The van der Waals surface area contributed by atoms with Crippen LogP contribution >= 0.6 is 0 Å². The lowest BCUT2D eigenvalue weighted by Gasteiger charge is -2.14. The number of hydrogen-bond donors (Lipinski definition) is 1. The van der Waals surface area contributed by atoms with Gasteiger partial charge in [-0.25, -0.2) is 0 Å². The summed E-state index contributed by atoms with van der Waals surface area (Å²) in [5.74, 6) is 0.143. The van der Waals surface area contributed by atoms with Crippen LogP contribution in [0.25, 0.3) is 0 Å². The fraction of sp³-hybridized carbons (Fsp3) is 0.889. The smallest absolute Gasteiger partial charge is 0.219 e. The minimum absolute atomic E-state index is 0.143. The highest BCUT2D eigenvalue weighted by atomic mass is 16.5. The molecule has 0 aromatic carbocycles. The second-order valence-corrected chi connectivity index (χ2v) is 3.39. The van der Waals surface area contributed by atoms with E-state index in [2.05, 4.69) is 0 Å². The third kappa shape index (κ3) is 3.32. The van der Waals surface area contributed by atoms with Gasteiger partial charge in [0.15, 0.2) is 0 Å². The van der Waals surface area contributed by atoms with E-state index in [1.165, 1.54) is 0 Å². The Kier molecular flexibility index (Phi) is 4.18. The van der Waals surface area contributed by atoms with Crippen molar-refractivity contribution in [3.63, 3.8) is 0 Å². The summed E-state index contributed by atoms with van der Waals surface area (Å²) in [6, 6.07) is 0. The highest BCUT2D eigenvalue weighted by Gasteiger charge is 2.24. The highest BCUT2D eigenvalue weighted by Crippen LogP contribution is 2.12. The molecule has 1 saturated heterocycles. The molecule has 1 fully saturated rings. The Morgan fingerprint density at radius 1 is 1.69 bits per heavy atom. The van der Waals surface area contributed by atoms with Crippen molar-refractivity contribution < 1.29 is 9.53 Å². The number of rotatable bonds is 4. The maximum absolute atomic E-state index is 11.0. The lowest BCUT2D eigenvalue weighted by Crippen LogP contribution is -2.27. The van der Waals surface area contributed by atoms with E-state index in [4.69, 9.17) is 10.5 Å². The number of hydrogen-bond acceptors (Lipinski definition) is 3. The highest BCUT2D eigenvalue weighted by molar-refractivity contribution is 5.73. The van der Waals surface area contributed by atoms with Crippen molar-refractivity contribution in [2.45, 2.75) is 25.9 Å². The van der Waals surface area contributed by atoms with Gasteiger partial charge in [-0.15, -0.1) is 0 Å². The van der Waals surface area contributed by atoms with Crippen molar-refractivity contribution in [1.29, 1.82) is 0 Å². The van der Waals surface area contributed by atoms with E-state index in [0.717, 1.165) is 25.9 Å². The number of ether oxygens (including phenoxy) is 1. The van der Waals surface area contributed by atoms with Crippen LogP contribution in [-0.4, -0.2) is 43.2 Å². The summed E-state index contributed by atoms with van der Waals surface area (Å²) in [6.45, 7) is 4.57. The van der Waals surface area contributed by atoms with Gasteiger partial charge >= 0.3 is 0 Å². The van der Waals surface area contributed by atoms with Gasteiger partial charge < -0.3 is 15.4 Å². The molecule has 4 nitrogen and oxygen atoms in total. The van der Waals surface area contributed by atoms with Crippen LogP contribution < -0.4 is 5.73 Å². The summed E-state index contributed by atoms with van der Waals surface area (Å²) in [6.07, 6.45) is 2.09. The molecule has 0 spiro atoms. The Bertz CT molecular complexity index is 173. The maximum atomic E-state index is 11.0. The lowest BCUT2D eigenvalue weighted by atomic mass is 10.3. The molecule has 76 valence electrons. The fourth-order valence-electron chi connectivity index (χ4n) is 1.48. The van der Waals surface area contributed by atoms with Crippen molar-refractivity contribution in [3.8, 4) is 0 Å². The summed E-state index contributed by atoms with van der Waals surface area (Å²) in [4.78, 5) is 12.8.